The number of benzene rings is 2. The molecule has 1 N–H and O–H groups in total. The minimum absolute atomic E-state index is 0.0780. The van der Waals surface area contributed by atoms with Crippen molar-refractivity contribution in [1.29, 1.82) is 0 Å². The van der Waals surface area contributed by atoms with Crippen LogP contribution in [0.25, 0.3) is 11.3 Å². The molecule has 3 aromatic rings. The van der Waals surface area contributed by atoms with Crippen LogP contribution in [0, 0.1) is 6.92 Å². The molecule has 28 heavy (non-hydrogen) atoms. The molecule has 5 nitrogen and oxygen atoms in total. The van der Waals surface area contributed by atoms with Crippen LogP contribution in [-0.4, -0.2) is 30.6 Å². The summed E-state index contributed by atoms with van der Waals surface area (Å²) in [4.78, 5) is 16.9. The highest BCUT2D eigenvalue weighted by Crippen LogP contribution is 2.32. The third-order valence-corrected chi connectivity index (χ3v) is 4.83. The fourth-order valence-corrected chi connectivity index (χ4v) is 3.31. The van der Waals surface area contributed by atoms with Crippen molar-refractivity contribution in [3.05, 3.63) is 77.5 Å². The van der Waals surface area contributed by atoms with Crippen molar-refractivity contribution in [1.82, 2.24) is 10.3 Å². The van der Waals surface area contributed by atoms with Gasteiger partial charge in [-0.05, 0) is 60.5 Å². The Morgan fingerprint density at radius 1 is 1.21 bits per heavy atom. The van der Waals surface area contributed by atoms with Crippen LogP contribution in [-0.2, 0) is 6.42 Å². The van der Waals surface area contributed by atoms with Crippen LogP contribution in [0.15, 0.2) is 60.8 Å². The number of hydrogen-bond acceptors (Lipinski definition) is 4. The fourth-order valence-electron chi connectivity index (χ4n) is 3.31. The molecule has 0 saturated heterocycles. The van der Waals surface area contributed by atoms with Gasteiger partial charge in [-0.1, -0.05) is 12.1 Å². The summed E-state index contributed by atoms with van der Waals surface area (Å²) in [7, 11) is 1.58. The van der Waals surface area contributed by atoms with Gasteiger partial charge in [0, 0.05) is 23.7 Å². The number of carbonyl (C=O) groups excluding carboxylic acids is 1. The number of methoxy groups -OCH3 is 1. The van der Waals surface area contributed by atoms with E-state index in [4.69, 9.17) is 9.47 Å². The molecule has 1 aliphatic rings. The first-order valence-electron chi connectivity index (χ1n) is 9.27. The Kier molecular flexibility index (Phi) is 4.98. The molecular formula is C23H22N2O3. The SMILES string of the molecule is COc1cccc(C(=O)NCC2Cc3cc(-c4ccc(C)cn4)ccc3O2)c1. The maximum atomic E-state index is 12.4. The monoisotopic (exact) mass is 374 g/mol. The molecule has 0 spiro atoms. The molecule has 1 unspecified atom stereocenters. The number of ether oxygens (including phenoxy) is 2. The third kappa shape index (κ3) is 3.83. The van der Waals surface area contributed by atoms with Gasteiger partial charge in [0.05, 0.1) is 19.3 Å². The van der Waals surface area contributed by atoms with Crippen LogP contribution in [0.4, 0.5) is 0 Å². The molecule has 5 heteroatoms. The number of aryl methyl sites for hydroxylation is 1. The Bertz CT molecular complexity index is 999. The van der Waals surface area contributed by atoms with E-state index in [0.717, 1.165) is 34.6 Å². The van der Waals surface area contributed by atoms with Crippen molar-refractivity contribution in [2.45, 2.75) is 19.4 Å². The third-order valence-electron chi connectivity index (χ3n) is 4.83. The Labute approximate surface area is 164 Å². The average Bonchev–Trinajstić information content (AvgIpc) is 3.14. The van der Waals surface area contributed by atoms with Crippen LogP contribution in [0.2, 0.25) is 0 Å². The molecule has 1 aromatic heterocycles. The quantitative estimate of drug-likeness (QED) is 0.738. The van der Waals surface area contributed by atoms with Crippen LogP contribution in [0.5, 0.6) is 11.5 Å². The van der Waals surface area contributed by atoms with E-state index >= 15 is 0 Å². The number of hydrogen-bond donors (Lipinski definition) is 1. The van der Waals surface area contributed by atoms with E-state index in [2.05, 4.69) is 22.4 Å². The zero-order valence-corrected chi connectivity index (χ0v) is 15.9. The second kappa shape index (κ2) is 7.72. The summed E-state index contributed by atoms with van der Waals surface area (Å²) in [6.45, 7) is 2.47. The molecule has 2 aromatic carbocycles. The number of carbonyl (C=O) groups is 1. The van der Waals surface area contributed by atoms with E-state index in [-0.39, 0.29) is 12.0 Å². The molecule has 0 saturated carbocycles. The number of aromatic nitrogens is 1. The Balaban J connectivity index is 1.39. The minimum atomic E-state index is -0.136. The summed E-state index contributed by atoms with van der Waals surface area (Å²) < 4.78 is 11.2. The Morgan fingerprint density at radius 3 is 2.89 bits per heavy atom. The van der Waals surface area contributed by atoms with Gasteiger partial charge in [0.2, 0.25) is 0 Å². The van der Waals surface area contributed by atoms with Crippen LogP contribution in [0.1, 0.15) is 21.5 Å². The van der Waals surface area contributed by atoms with Gasteiger partial charge in [0.15, 0.2) is 0 Å². The summed E-state index contributed by atoms with van der Waals surface area (Å²) >= 11 is 0. The fraction of sp³-hybridized carbons (Fsp3) is 0.217. The topological polar surface area (TPSA) is 60.5 Å². The van der Waals surface area contributed by atoms with Gasteiger partial charge in [0.1, 0.15) is 17.6 Å². The van der Waals surface area contributed by atoms with Gasteiger partial charge in [-0.15, -0.1) is 0 Å². The van der Waals surface area contributed by atoms with Gasteiger partial charge < -0.3 is 14.8 Å². The summed E-state index contributed by atoms with van der Waals surface area (Å²) in [6.07, 6.45) is 2.55. The first-order valence-corrected chi connectivity index (χ1v) is 9.27. The molecule has 4 rings (SSSR count). The minimum Gasteiger partial charge on any atom is -0.497 e. The van der Waals surface area contributed by atoms with Crippen LogP contribution >= 0.6 is 0 Å². The van der Waals surface area contributed by atoms with Crippen molar-refractivity contribution >= 4 is 5.91 Å². The molecule has 1 amide bonds. The van der Waals surface area contributed by atoms with E-state index in [0.29, 0.717) is 17.9 Å². The maximum Gasteiger partial charge on any atom is 0.251 e. The second-order valence-electron chi connectivity index (χ2n) is 6.93. The summed E-state index contributed by atoms with van der Waals surface area (Å²) in [5.74, 6) is 1.40. The van der Waals surface area contributed by atoms with Crippen molar-refractivity contribution < 1.29 is 14.3 Å². The van der Waals surface area contributed by atoms with Gasteiger partial charge in [-0.25, -0.2) is 0 Å². The van der Waals surface area contributed by atoms with Crippen molar-refractivity contribution in [2.24, 2.45) is 0 Å². The lowest BCUT2D eigenvalue weighted by atomic mass is 10.0. The smallest absolute Gasteiger partial charge is 0.251 e. The number of pyridine rings is 1. The second-order valence-corrected chi connectivity index (χ2v) is 6.93. The molecule has 2 heterocycles. The number of nitrogens with one attached hydrogen (secondary N) is 1. The molecule has 142 valence electrons. The standard InChI is InChI=1S/C23H22N2O3/c1-15-6-8-21(24-13-15)16-7-9-22-18(10-16)12-20(28-22)14-25-23(26)17-4-3-5-19(11-17)27-2/h3-11,13,20H,12,14H2,1-2H3,(H,25,26). The predicted octanol–water partition coefficient (Wildman–Crippen LogP) is 3.80. The zero-order chi connectivity index (χ0) is 19.5. The van der Waals surface area contributed by atoms with Gasteiger partial charge in [-0.2, -0.15) is 0 Å². The highest BCUT2D eigenvalue weighted by molar-refractivity contribution is 5.94. The highest BCUT2D eigenvalue weighted by atomic mass is 16.5. The first kappa shape index (κ1) is 18.0. The molecule has 0 fully saturated rings. The van der Waals surface area contributed by atoms with E-state index < -0.39 is 0 Å². The molecular weight excluding hydrogens is 352 g/mol. The van der Waals surface area contributed by atoms with E-state index in [9.17, 15) is 4.79 Å². The largest absolute Gasteiger partial charge is 0.497 e. The number of rotatable bonds is 5. The molecule has 0 aliphatic carbocycles. The van der Waals surface area contributed by atoms with Crippen molar-refractivity contribution in [2.75, 3.05) is 13.7 Å². The Hall–Kier alpha value is -3.34. The zero-order valence-electron chi connectivity index (χ0n) is 15.9. The van der Waals surface area contributed by atoms with E-state index in [1.165, 1.54) is 0 Å². The van der Waals surface area contributed by atoms with E-state index in [1.807, 2.05) is 37.4 Å². The van der Waals surface area contributed by atoms with Gasteiger partial charge in [-0.3, -0.25) is 9.78 Å². The van der Waals surface area contributed by atoms with Crippen molar-refractivity contribution in [3.8, 4) is 22.8 Å². The molecule has 1 atom stereocenters. The lowest BCUT2D eigenvalue weighted by Gasteiger charge is -2.12. The lowest BCUT2D eigenvalue weighted by molar-refractivity contribution is 0.0933. The Morgan fingerprint density at radius 2 is 2.11 bits per heavy atom. The predicted molar refractivity (Wildman–Crippen MR) is 108 cm³/mol. The molecule has 0 bridgehead atoms. The van der Waals surface area contributed by atoms with Crippen LogP contribution < -0.4 is 14.8 Å². The summed E-state index contributed by atoms with van der Waals surface area (Å²) in [5, 5.41) is 2.95. The number of nitrogens with zero attached hydrogens (tertiary/aromatic N) is 1. The van der Waals surface area contributed by atoms with E-state index in [1.54, 1.807) is 25.3 Å². The lowest BCUT2D eigenvalue weighted by Crippen LogP contribution is -2.34. The normalized spacial score (nSPS) is 14.9. The number of fused-ring (bicyclic) bond motifs is 1. The highest BCUT2D eigenvalue weighted by Gasteiger charge is 2.24. The average molecular weight is 374 g/mol. The van der Waals surface area contributed by atoms with Crippen LogP contribution in [0.3, 0.4) is 0 Å². The molecule has 0 radical (unpaired) electrons. The first-order chi connectivity index (χ1) is 13.6. The number of amides is 1. The molecule has 1 aliphatic heterocycles. The maximum absolute atomic E-state index is 12.4. The summed E-state index contributed by atoms with van der Waals surface area (Å²) in [6, 6.07) is 17.3. The summed E-state index contributed by atoms with van der Waals surface area (Å²) in [5.41, 5.74) is 4.87. The van der Waals surface area contributed by atoms with Crippen molar-refractivity contribution in [3.63, 3.8) is 0 Å². The van der Waals surface area contributed by atoms with Gasteiger partial charge >= 0.3 is 0 Å². The van der Waals surface area contributed by atoms with Gasteiger partial charge in [0.25, 0.3) is 5.91 Å².